The number of nitrogens with zero attached hydrogens (tertiary/aromatic N) is 1. The molecular formula is C14H12ClN3O. The van der Waals surface area contributed by atoms with E-state index in [2.05, 4.69) is 9.97 Å². The molecule has 0 aliphatic carbocycles. The Morgan fingerprint density at radius 3 is 2.89 bits per heavy atom. The van der Waals surface area contributed by atoms with Crippen LogP contribution in [0.3, 0.4) is 0 Å². The van der Waals surface area contributed by atoms with E-state index in [-0.39, 0.29) is 0 Å². The van der Waals surface area contributed by atoms with Crippen molar-refractivity contribution in [3.63, 3.8) is 0 Å². The lowest BCUT2D eigenvalue weighted by atomic mass is 10.2. The zero-order valence-electron chi connectivity index (χ0n) is 10.3. The normalized spacial score (nSPS) is 10.8. The zero-order valence-corrected chi connectivity index (χ0v) is 11.0. The van der Waals surface area contributed by atoms with Gasteiger partial charge in [0.2, 0.25) is 0 Å². The largest absolute Gasteiger partial charge is 0.425 e. The molecular weight excluding hydrogens is 262 g/mol. The Morgan fingerprint density at radius 2 is 2.05 bits per heavy atom. The lowest BCUT2D eigenvalue weighted by Crippen LogP contribution is -1.88. The predicted octanol–water partition coefficient (Wildman–Crippen LogP) is 3.90. The van der Waals surface area contributed by atoms with E-state index in [0.29, 0.717) is 22.5 Å². The first-order valence-corrected chi connectivity index (χ1v) is 6.19. The summed E-state index contributed by atoms with van der Waals surface area (Å²) in [6.07, 6.45) is 0. The number of fused-ring (bicyclic) bond motifs is 1. The van der Waals surface area contributed by atoms with Crippen LogP contribution in [0.1, 0.15) is 5.56 Å². The van der Waals surface area contributed by atoms with Crippen molar-refractivity contribution < 1.29 is 4.74 Å². The van der Waals surface area contributed by atoms with Gasteiger partial charge in [0.15, 0.2) is 0 Å². The molecule has 0 saturated carbocycles. The molecule has 0 bridgehead atoms. The van der Waals surface area contributed by atoms with E-state index in [1.54, 1.807) is 12.1 Å². The second kappa shape index (κ2) is 4.48. The van der Waals surface area contributed by atoms with Crippen molar-refractivity contribution in [2.75, 3.05) is 5.73 Å². The van der Waals surface area contributed by atoms with Crippen LogP contribution in [0.2, 0.25) is 5.02 Å². The van der Waals surface area contributed by atoms with Crippen LogP contribution in [0.5, 0.6) is 11.8 Å². The number of aromatic amines is 1. The lowest BCUT2D eigenvalue weighted by molar-refractivity contribution is 0.446. The second-order valence-electron chi connectivity index (χ2n) is 4.33. The first kappa shape index (κ1) is 11.9. The van der Waals surface area contributed by atoms with Gasteiger partial charge in [-0.15, -0.1) is 0 Å². The summed E-state index contributed by atoms with van der Waals surface area (Å²) < 4.78 is 5.72. The molecule has 0 fully saturated rings. The Hall–Kier alpha value is -2.20. The van der Waals surface area contributed by atoms with E-state index in [0.717, 1.165) is 16.6 Å². The number of ether oxygens (including phenoxy) is 1. The molecule has 0 unspecified atom stereocenters. The third kappa shape index (κ3) is 2.35. The van der Waals surface area contributed by atoms with Crippen LogP contribution >= 0.6 is 11.6 Å². The molecule has 96 valence electrons. The molecule has 2 aromatic carbocycles. The van der Waals surface area contributed by atoms with Gasteiger partial charge in [0.1, 0.15) is 5.75 Å². The number of aromatic nitrogens is 2. The molecule has 4 nitrogen and oxygen atoms in total. The number of anilines is 1. The first-order chi connectivity index (χ1) is 9.11. The fourth-order valence-corrected chi connectivity index (χ4v) is 2.00. The maximum Gasteiger partial charge on any atom is 0.300 e. The maximum atomic E-state index is 5.96. The third-order valence-corrected chi connectivity index (χ3v) is 3.08. The van der Waals surface area contributed by atoms with Crippen molar-refractivity contribution in [2.45, 2.75) is 6.92 Å². The summed E-state index contributed by atoms with van der Waals surface area (Å²) in [5.41, 5.74) is 9.05. The quantitative estimate of drug-likeness (QED) is 0.696. The highest BCUT2D eigenvalue weighted by atomic mass is 35.5. The second-order valence-corrected chi connectivity index (χ2v) is 4.77. The highest BCUT2D eigenvalue weighted by molar-refractivity contribution is 6.30. The van der Waals surface area contributed by atoms with Crippen LogP contribution in [0.15, 0.2) is 36.4 Å². The van der Waals surface area contributed by atoms with E-state index < -0.39 is 0 Å². The molecule has 0 aliphatic heterocycles. The van der Waals surface area contributed by atoms with Crippen molar-refractivity contribution in [1.82, 2.24) is 9.97 Å². The molecule has 0 atom stereocenters. The molecule has 0 radical (unpaired) electrons. The van der Waals surface area contributed by atoms with Crippen molar-refractivity contribution >= 4 is 28.3 Å². The monoisotopic (exact) mass is 273 g/mol. The van der Waals surface area contributed by atoms with Crippen molar-refractivity contribution in [3.05, 3.63) is 47.0 Å². The number of imidazole rings is 1. The minimum atomic E-state index is 0.422. The Morgan fingerprint density at radius 1 is 1.21 bits per heavy atom. The van der Waals surface area contributed by atoms with Gasteiger partial charge in [-0.2, -0.15) is 4.98 Å². The lowest BCUT2D eigenvalue weighted by Gasteiger charge is -2.05. The average molecular weight is 274 g/mol. The standard InChI is InChI=1S/C14H12ClN3O/c1-8-2-3-9(15)6-13(8)19-14-17-11-5-4-10(16)7-12(11)18-14/h2-7H,16H2,1H3,(H,17,18). The van der Waals surface area contributed by atoms with E-state index >= 15 is 0 Å². The van der Waals surface area contributed by atoms with Gasteiger partial charge < -0.3 is 15.5 Å². The topological polar surface area (TPSA) is 63.9 Å². The highest BCUT2D eigenvalue weighted by Crippen LogP contribution is 2.28. The number of nitrogens with one attached hydrogen (secondary N) is 1. The van der Waals surface area contributed by atoms with Crippen LogP contribution in [-0.2, 0) is 0 Å². The van der Waals surface area contributed by atoms with E-state index in [4.69, 9.17) is 22.1 Å². The Balaban J connectivity index is 1.98. The number of benzene rings is 2. The smallest absolute Gasteiger partial charge is 0.300 e. The Bertz CT molecular complexity index is 752. The molecule has 3 N–H and O–H groups in total. The molecule has 1 heterocycles. The van der Waals surface area contributed by atoms with Crippen molar-refractivity contribution in [2.24, 2.45) is 0 Å². The fraction of sp³-hybridized carbons (Fsp3) is 0.0714. The summed E-state index contributed by atoms with van der Waals surface area (Å²) >= 11 is 5.96. The molecule has 3 aromatic rings. The number of rotatable bonds is 2. The summed E-state index contributed by atoms with van der Waals surface area (Å²) in [5.74, 6) is 0.680. The van der Waals surface area contributed by atoms with Crippen LogP contribution < -0.4 is 10.5 Å². The third-order valence-electron chi connectivity index (χ3n) is 2.84. The van der Waals surface area contributed by atoms with Crippen LogP contribution in [0, 0.1) is 6.92 Å². The van der Waals surface area contributed by atoms with Gasteiger partial charge in [0.05, 0.1) is 11.0 Å². The van der Waals surface area contributed by atoms with Gasteiger partial charge in [-0.1, -0.05) is 17.7 Å². The number of halogens is 1. The number of H-pyrrole nitrogens is 1. The minimum absolute atomic E-state index is 0.422. The van der Waals surface area contributed by atoms with Gasteiger partial charge >= 0.3 is 0 Å². The minimum Gasteiger partial charge on any atom is -0.425 e. The summed E-state index contributed by atoms with van der Waals surface area (Å²) in [7, 11) is 0. The summed E-state index contributed by atoms with van der Waals surface area (Å²) in [6, 6.07) is 11.4. The van der Waals surface area contributed by atoms with Gasteiger partial charge in [0.25, 0.3) is 6.01 Å². The Kier molecular flexibility index (Phi) is 2.80. The van der Waals surface area contributed by atoms with Crippen molar-refractivity contribution in [1.29, 1.82) is 0 Å². The number of nitrogens with two attached hydrogens (primary N) is 1. The molecule has 1 aromatic heterocycles. The van der Waals surface area contributed by atoms with E-state index in [9.17, 15) is 0 Å². The SMILES string of the molecule is Cc1ccc(Cl)cc1Oc1nc2ccc(N)cc2[nH]1. The summed E-state index contributed by atoms with van der Waals surface area (Å²) in [5, 5.41) is 0.626. The zero-order chi connectivity index (χ0) is 13.4. The maximum absolute atomic E-state index is 5.96. The average Bonchev–Trinajstić information content (AvgIpc) is 2.75. The van der Waals surface area contributed by atoms with E-state index in [1.807, 2.05) is 31.2 Å². The number of aryl methyl sites for hydroxylation is 1. The molecule has 3 rings (SSSR count). The van der Waals surface area contributed by atoms with Gasteiger partial charge in [-0.05, 0) is 42.8 Å². The first-order valence-electron chi connectivity index (χ1n) is 5.81. The molecule has 0 aliphatic rings. The summed E-state index contributed by atoms with van der Waals surface area (Å²) in [6.45, 7) is 1.95. The summed E-state index contributed by atoms with van der Waals surface area (Å²) in [4.78, 5) is 7.42. The van der Waals surface area contributed by atoms with Gasteiger partial charge in [-0.3, -0.25) is 0 Å². The van der Waals surface area contributed by atoms with Crippen LogP contribution in [-0.4, -0.2) is 9.97 Å². The van der Waals surface area contributed by atoms with Gasteiger partial charge in [0, 0.05) is 10.7 Å². The molecule has 0 saturated heterocycles. The molecule has 19 heavy (non-hydrogen) atoms. The molecule has 0 amide bonds. The van der Waals surface area contributed by atoms with Crippen molar-refractivity contribution in [3.8, 4) is 11.8 Å². The number of hydrogen-bond acceptors (Lipinski definition) is 3. The predicted molar refractivity (Wildman–Crippen MR) is 76.8 cm³/mol. The Labute approximate surface area is 115 Å². The van der Waals surface area contributed by atoms with E-state index in [1.165, 1.54) is 0 Å². The number of hydrogen-bond donors (Lipinski definition) is 2. The van der Waals surface area contributed by atoms with Crippen LogP contribution in [0.4, 0.5) is 5.69 Å². The molecule has 0 spiro atoms. The van der Waals surface area contributed by atoms with Gasteiger partial charge in [-0.25, -0.2) is 0 Å². The van der Waals surface area contributed by atoms with Crippen LogP contribution in [0.25, 0.3) is 11.0 Å². The number of nitrogen functional groups attached to an aromatic ring is 1. The molecule has 5 heteroatoms. The highest BCUT2D eigenvalue weighted by Gasteiger charge is 2.07. The fourth-order valence-electron chi connectivity index (χ4n) is 1.84.